The molecule has 2 saturated heterocycles. The first-order valence-electron chi connectivity index (χ1n) is 10.8. The topological polar surface area (TPSA) is 90.5 Å². The molecule has 2 aromatic rings. The average molecular weight is 435 g/mol. The highest BCUT2D eigenvalue weighted by Crippen LogP contribution is 2.46. The Morgan fingerprint density at radius 3 is 2.87 bits per heavy atom. The number of nitrogens with zero attached hydrogens (tertiary/aromatic N) is 2. The summed E-state index contributed by atoms with van der Waals surface area (Å²) in [5, 5.41) is 22.9. The van der Waals surface area contributed by atoms with E-state index in [2.05, 4.69) is 29.4 Å². The number of halogens is 1. The summed E-state index contributed by atoms with van der Waals surface area (Å²) in [6, 6.07) is 3.65. The highest BCUT2D eigenvalue weighted by molar-refractivity contribution is 6.31. The Morgan fingerprint density at radius 1 is 1.40 bits per heavy atom. The summed E-state index contributed by atoms with van der Waals surface area (Å²) in [5.41, 5.74) is 1.23. The van der Waals surface area contributed by atoms with Crippen LogP contribution in [0.25, 0.3) is 10.9 Å². The molecule has 0 radical (unpaired) electrons. The van der Waals surface area contributed by atoms with Gasteiger partial charge in [-0.15, -0.1) is 0 Å². The van der Waals surface area contributed by atoms with Crippen molar-refractivity contribution in [3.63, 3.8) is 0 Å². The molecule has 0 unspecified atom stereocenters. The molecule has 2 atom stereocenters. The van der Waals surface area contributed by atoms with E-state index in [9.17, 15) is 9.90 Å². The van der Waals surface area contributed by atoms with Gasteiger partial charge in [0.1, 0.15) is 0 Å². The number of aromatic nitrogens is 2. The molecule has 0 saturated carbocycles. The second-order valence-electron chi connectivity index (χ2n) is 9.14. The Hall–Kier alpha value is -1.83. The first-order chi connectivity index (χ1) is 14.4. The summed E-state index contributed by atoms with van der Waals surface area (Å²) in [6.45, 7) is 6.94. The molecular formula is C22H31ClN4O3. The number of aliphatic hydroxyl groups excluding tert-OH is 1. The molecule has 2 amide bonds. The fraction of sp³-hybridized carbons (Fsp3) is 0.636. The van der Waals surface area contributed by atoms with E-state index in [1.807, 2.05) is 17.0 Å². The van der Waals surface area contributed by atoms with E-state index >= 15 is 0 Å². The molecule has 2 aliphatic rings. The van der Waals surface area contributed by atoms with Gasteiger partial charge in [0.05, 0.1) is 23.9 Å². The second-order valence-corrected chi connectivity index (χ2v) is 9.57. The van der Waals surface area contributed by atoms with Crippen molar-refractivity contribution < 1.29 is 14.6 Å². The summed E-state index contributed by atoms with van der Waals surface area (Å²) < 4.78 is 5.58. The summed E-state index contributed by atoms with van der Waals surface area (Å²) >= 11 is 6.28. The molecule has 8 heteroatoms. The van der Waals surface area contributed by atoms with Crippen molar-refractivity contribution in [2.24, 2.45) is 11.3 Å². The minimum absolute atomic E-state index is 0.0173. The van der Waals surface area contributed by atoms with Gasteiger partial charge < -0.3 is 20.1 Å². The minimum Gasteiger partial charge on any atom is -0.388 e. The number of benzene rings is 1. The minimum atomic E-state index is -0.691. The van der Waals surface area contributed by atoms with E-state index in [1.165, 1.54) is 0 Å². The van der Waals surface area contributed by atoms with E-state index in [-0.39, 0.29) is 23.5 Å². The SMILES string of the molecule is CC(C)(C1CCN(C(=O)NC[C@@H]2CCCO2)CC1)[C@H](O)c1cc(Cl)cc2cn[nH]c12. The van der Waals surface area contributed by atoms with Crippen molar-refractivity contribution in [1.82, 2.24) is 20.4 Å². The first kappa shape index (κ1) is 21.4. The van der Waals surface area contributed by atoms with Crippen LogP contribution < -0.4 is 5.32 Å². The van der Waals surface area contributed by atoms with Crippen molar-refractivity contribution in [1.29, 1.82) is 0 Å². The van der Waals surface area contributed by atoms with E-state index in [0.29, 0.717) is 24.7 Å². The molecule has 4 rings (SSSR count). The lowest BCUT2D eigenvalue weighted by Crippen LogP contribution is -2.48. The number of piperidine rings is 1. The van der Waals surface area contributed by atoms with Crippen LogP contribution in [0.15, 0.2) is 18.3 Å². The number of aliphatic hydroxyl groups is 1. The third kappa shape index (κ3) is 4.29. The number of fused-ring (bicyclic) bond motifs is 1. The Bertz CT molecular complexity index is 886. The monoisotopic (exact) mass is 434 g/mol. The first-order valence-corrected chi connectivity index (χ1v) is 11.2. The molecule has 3 heterocycles. The second kappa shape index (κ2) is 8.73. The normalized spacial score (nSPS) is 21.9. The van der Waals surface area contributed by atoms with Crippen LogP contribution >= 0.6 is 11.6 Å². The lowest BCUT2D eigenvalue weighted by atomic mass is 9.68. The smallest absolute Gasteiger partial charge is 0.317 e. The third-order valence-corrected chi connectivity index (χ3v) is 7.10. The third-order valence-electron chi connectivity index (χ3n) is 6.88. The molecule has 1 aromatic heterocycles. The Balaban J connectivity index is 1.38. The molecule has 2 fully saturated rings. The van der Waals surface area contributed by atoms with Crippen molar-refractivity contribution >= 4 is 28.5 Å². The van der Waals surface area contributed by atoms with Gasteiger partial charge in [-0.1, -0.05) is 25.4 Å². The number of hydrogen-bond donors (Lipinski definition) is 3. The molecule has 0 bridgehead atoms. The summed E-state index contributed by atoms with van der Waals surface area (Å²) in [5.74, 6) is 0.284. The lowest BCUT2D eigenvalue weighted by Gasteiger charge is -2.43. The maximum atomic E-state index is 12.5. The van der Waals surface area contributed by atoms with Crippen LogP contribution in [-0.4, -0.2) is 58.6 Å². The predicted octanol–water partition coefficient (Wildman–Crippen LogP) is 3.88. The van der Waals surface area contributed by atoms with Crippen LogP contribution in [0, 0.1) is 11.3 Å². The molecule has 0 aliphatic carbocycles. The number of nitrogens with one attached hydrogen (secondary N) is 2. The number of likely N-dealkylation sites (tertiary alicyclic amines) is 1. The number of urea groups is 1. The van der Waals surface area contributed by atoms with Gasteiger partial charge in [0, 0.05) is 42.2 Å². The van der Waals surface area contributed by atoms with Crippen LogP contribution in [0.3, 0.4) is 0 Å². The summed E-state index contributed by atoms with van der Waals surface area (Å²) in [7, 11) is 0. The van der Waals surface area contributed by atoms with E-state index < -0.39 is 6.10 Å². The van der Waals surface area contributed by atoms with E-state index in [1.54, 1.807) is 6.20 Å². The number of amides is 2. The number of carbonyl (C=O) groups is 1. The van der Waals surface area contributed by atoms with E-state index in [4.69, 9.17) is 16.3 Å². The summed E-state index contributed by atoms with van der Waals surface area (Å²) in [6.07, 6.45) is 4.97. The van der Waals surface area contributed by atoms with Gasteiger partial charge in [0.2, 0.25) is 0 Å². The standard InChI is InChI=1S/C22H31ClN4O3/c1-22(2,20(28)18-11-16(23)10-14-12-25-26-19(14)18)15-5-7-27(8-6-15)21(29)24-13-17-4-3-9-30-17/h10-12,15,17,20,28H,3-9,13H2,1-2H3,(H,24,29)(H,25,26)/t17-,20+/m0/s1. The number of H-pyrrole nitrogens is 1. The molecule has 164 valence electrons. The van der Waals surface area contributed by atoms with Crippen molar-refractivity contribution in [2.45, 2.75) is 51.7 Å². The van der Waals surface area contributed by atoms with Gasteiger partial charge in [-0.25, -0.2) is 4.79 Å². The fourth-order valence-electron chi connectivity index (χ4n) is 4.83. The lowest BCUT2D eigenvalue weighted by molar-refractivity contribution is -0.0144. The Morgan fingerprint density at radius 2 is 2.17 bits per heavy atom. The number of carbonyl (C=O) groups excluding carboxylic acids is 1. The molecule has 7 nitrogen and oxygen atoms in total. The van der Waals surface area contributed by atoms with Crippen LogP contribution in [-0.2, 0) is 4.74 Å². The zero-order valence-electron chi connectivity index (χ0n) is 17.7. The maximum absolute atomic E-state index is 12.5. The molecule has 2 aliphatic heterocycles. The molecular weight excluding hydrogens is 404 g/mol. The highest BCUT2D eigenvalue weighted by Gasteiger charge is 2.40. The van der Waals surface area contributed by atoms with Crippen molar-refractivity contribution in [3.05, 3.63) is 28.9 Å². The highest BCUT2D eigenvalue weighted by atomic mass is 35.5. The van der Waals surface area contributed by atoms with Crippen LogP contribution in [0.5, 0.6) is 0 Å². The van der Waals surface area contributed by atoms with Gasteiger partial charge in [-0.05, 0) is 49.1 Å². The average Bonchev–Trinajstić information content (AvgIpc) is 3.42. The quantitative estimate of drug-likeness (QED) is 0.666. The van der Waals surface area contributed by atoms with Crippen LogP contribution in [0.1, 0.15) is 51.2 Å². The largest absolute Gasteiger partial charge is 0.388 e. The van der Waals surface area contributed by atoms with Gasteiger partial charge in [0.15, 0.2) is 0 Å². The van der Waals surface area contributed by atoms with Gasteiger partial charge in [0.25, 0.3) is 0 Å². The number of rotatable bonds is 5. The van der Waals surface area contributed by atoms with Gasteiger partial charge in [-0.3, -0.25) is 5.10 Å². The summed E-state index contributed by atoms with van der Waals surface area (Å²) in [4.78, 5) is 14.4. The number of ether oxygens (including phenoxy) is 1. The predicted molar refractivity (Wildman–Crippen MR) is 117 cm³/mol. The van der Waals surface area contributed by atoms with Crippen molar-refractivity contribution in [2.75, 3.05) is 26.2 Å². The molecule has 3 N–H and O–H groups in total. The maximum Gasteiger partial charge on any atom is 0.317 e. The van der Waals surface area contributed by atoms with Crippen LogP contribution in [0.4, 0.5) is 4.79 Å². The Kier molecular flexibility index (Phi) is 6.23. The fourth-order valence-corrected chi connectivity index (χ4v) is 5.07. The van der Waals surface area contributed by atoms with E-state index in [0.717, 1.165) is 48.8 Å². The van der Waals surface area contributed by atoms with Gasteiger partial charge in [-0.2, -0.15) is 5.10 Å². The zero-order chi connectivity index (χ0) is 21.3. The number of aromatic amines is 1. The number of hydrogen-bond acceptors (Lipinski definition) is 4. The zero-order valence-corrected chi connectivity index (χ0v) is 18.4. The Labute approximate surface area is 182 Å². The molecule has 30 heavy (non-hydrogen) atoms. The van der Waals surface area contributed by atoms with Gasteiger partial charge >= 0.3 is 6.03 Å². The van der Waals surface area contributed by atoms with Crippen molar-refractivity contribution in [3.8, 4) is 0 Å². The van der Waals surface area contributed by atoms with Crippen LogP contribution in [0.2, 0.25) is 5.02 Å². The molecule has 0 spiro atoms. The molecule has 1 aromatic carbocycles.